The van der Waals surface area contributed by atoms with E-state index in [2.05, 4.69) is 34.1 Å². The number of hydrogen-bond donors (Lipinski definition) is 0. The first-order chi connectivity index (χ1) is 11.2. The Kier molecular flexibility index (Phi) is 3.61. The van der Waals surface area contributed by atoms with Gasteiger partial charge in [-0.1, -0.05) is 49.0 Å². The van der Waals surface area contributed by atoms with Crippen LogP contribution in [0.5, 0.6) is 0 Å². The van der Waals surface area contributed by atoms with Crippen LogP contribution in [-0.4, -0.2) is 25.4 Å². The summed E-state index contributed by atoms with van der Waals surface area (Å²) in [6, 6.07) is 10.2. The van der Waals surface area contributed by atoms with Crippen LogP contribution in [0, 0.1) is 5.92 Å². The lowest BCUT2D eigenvalue weighted by Gasteiger charge is -2.19. The number of ketones is 1. The lowest BCUT2D eigenvalue weighted by molar-refractivity contribution is 0.0951. The van der Waals surface area contributed by atoms with Crippen LogP contribution in [0.3, 0.4) is 0 Å². The number of Topliss-reactive ketones (excluding diaryl/α,β-unsaturated/α-hetero) is 1. The van der Waals surface area contributed by atoms with Crippen molar-refractivity contribution in [3.05, 3.63) is 53.3 Å². The zero-order valence-corrected chi connectivity index (χ0v) is 13.6. The second-order valence-corrected chi connectivity index (χ2v) is 6.88. The van der Waals surface area contributed by atoms with Crippen molar-refractivity contribution < 1.29 is 4.79 Å². The largest absolute Gasteiger partial charge is 0.294 e. The minimum atomic E-state index is 0.155. The maximum absolute atomic E-state index is 12.2. The Morgan fingerprint density at radius 3 is 2.91 bits per heavy atom. The molecule has 0 bridgehead atoms. The summed E-state index contributed by atoms with van der Waals surface area (Å²) in [6.07, 6.45) is 3.08. The van der Waals surface area contributed by atoms with Crippen molar-refractivity contribution in [2.45, 2.75) is 30.7 Å². The standard InChI is InChI=1S/C17H16N4OS/c1-11-7-14-13(15(22)8-11)9-18-16-19-17(20-21(14)16)23-10-12-5-3-2-4-6-12/h2-6,9,11H,7-8,10H2,1H3. The molecule has 1 aromatic carbocycles. The molecule has 116 valence electrons. The molecule has 0 radical (unpaired) electrons. The molecule has 0 fully saturated rings. The lowest BCUT2D eigenvalue weighted by atomic mass is 9.88. The van der Waals surface area contributed by atoms with Crippen LogP contribution < -0.4 is 0 Å². The second-order valence-electron chi connectivity index (χ2n) is 5.94. The Morgan fingerprint density at radius 2 is 2.09 bits per heavy atom. The van der Waals surface area contributed by atoms with Crippen molar-refractivity contribution in [1.82, 2.24) is 19.6 Å². The van der Waals surface area contributed by atoms with E-state index in [0.29, 0.717) is 28.8 Å². The van der Waals surface area contributed by atoms with E-state index in [-0.39, 0.29) is 5.78 Å². The highest BCUT2D eigenvalue weighted by Crippen LogP contribution is 2.26. The molecular weight excluding hydrogens is 308 g/mol. The van der Waals surface area contributed by atoms with Crippen molar-refractivity contribution in [1.29, 1.82) is 0 Å². The summed E-state index contributed by atoms with van der Waals surface area (Å²) in [7, 11) is 0. The number of carbonyl (C=O) groups is 1. The average molecular weight is 324 g/mol. The molecule has 1 atom stereocenters. The highest BCUT2D eigenvalue weighted by molar-refractivity contribution is 7.98. The van der Waals surface area contributed by atoms with Gasteiger partial charge in [0.25, 0.3) is 5.78 Å². The van der Waals surface area contributed by atoms with E-state index in [4.69, 9.17) is 0 Å². The molecule has 2 heterocycles. The number of nitrogens with zero attached hydrogens (tertiary/aromatic N) is 4. The van der Waals surface area contributed by atoms with Crippen LogP contribution in [0.4, 0.5) is 0 Å². The van der Waals surface area contributed by atoms with Crippen molar-refractivity contribution in [3.8, 4) is 0 Å². The SMILES string of the molecule is CC1CC(=O)c2cnc3nc(SCc4ccccc4)nn3c2C1. The van der Waals surface area contributed by atoms with Gasteiger partial charge in [-0.05, 0) is 17.9 Å². The molecule has 3 aromatic rings. The molecule has 6 heteroatoms. The summed E-state index contributed by atoms with van der Waals surface area (Å²) in [4.78, 5) is 20.9. The molecule has 23 heavy (non-hydrogen) atoms. The third kappa shape index (κ3) is 2.74. The Balaban J connectivity index is 1.66. The molecule has 1 aliphatic carbocycles. The number of fused-ring (bicyclic) bond motifs is 3. The van der Waals surface area contributed by atoms with Gasteiger partial charge in [-0.3, -0.25) is 4.79 Å². The number of thioether (sulfide) groups is 1. The molecule has 0 amide bonds. The van der Waals surface area contributed by atoms with Gasteiger partial charge in [0, 0.05) is 18.4 Å². The monoisotopic (exact) mass is 324 g/mol. The summed E-state index contributed by atoms with van der Waals surface area (Å²) >= 11 is 1.58. The molecule has 1 unspecified atom stereocenters. The predicted octanol–water partition coefficient (Wildman–Crippen LogP) is 3.18. The number of aromatic nitrogens is 4. The fourth-order valence-corrected chi connectivity index (χ4v) is 3.68. The summed E-state index contributed by atoms with van der Waals surface area (Å²) in [5, 5.41) is 5.26. The lowest BCUT2D eigenvalue weighted by Crippen LogP contribution is -2.21. The van der Waals surface area contributed by atoms with Gasteiger partial charge in [0.2, 0.25) is 5.16 Å². The highest BCUT2D eigenvalue weighted by Gasteiger charge is 2.26. The van der Waals surface area contributed by atoms with Crippen molar-refractivity contribution in [2.24, 2.45) is 5.92 Å². The normalized spacial score (nSPS) is 17.4. The van der Waals surface area contributed by atoms with Gasteiger partial charge in [-0.25, -0.2) is 4.98 Å². The van der Waals surface area contributed by atoms with Crippen LogP contribution in [0.25, 0.3) is 5.78 Å². The summed E-state index contributed by atoms with van der Waals surface area (Å²) in [6.45, 7) is 2.09. The third-order valence-electron chi connectivity index (χ3n) is 4.03. The molecule has 0 saturated carbocycles. The van der Waals surface area contributed by atoms with E-state index in [1.165, 1.54) is 5.56 Å². The number of carbonyl (C=O) groups excluding carboxylic acids is 1. The van der Waals surface area contributed by atoms with Gasteiger partial charge < -0.3 is 0 Å². The van der Waals surface area contributed by atoms with E-state index in [1.807, 2.05) is 18.2 Å². The first kappa shape index (κ1) is 14.4. The zero-order valence-electron chi connectivity index (χ0n) is 12.8. The highest BCUT2D eigenvalue weighted by atomic mass is 32.2. The molecule has 0 aliphatic heterocycles. The first-order valence-corrected chi connectivity index (χ1v) is 8.64. The quantitative estimate of drug-likeness (QED) is 0.693. The van der Waals surface area contributed by atoms with Crippen molar-refractivity contribution in [3.63, 3.8) is 0 Å². The number of benzene rings is 1. The minimum Gasteiger partial charge on any atom is -0.294 e. The molecular formula is C17H16N4OS. The van der Waals surface area contributed by atoms with Gasteiger partial charge in [-0.2, -0.15) is 9.50 Å². The van der Waals surface area contributed by atoms with Gasteiger partial charge in [-0.15, -0.1) is 5.10 Å². The first-order valence-electron chi connectivity index (χ1n) is 7.65. The predicted molar refractivity (Wildman–Crippen MR) is 88.6 cm³/mol. The maximum atomic E-state index is 12.2. The molecule has 0 spiro atoms. The summed E-state index contributed by atoms with van der Waals surface area (Å²) in [5.74, 6) is 1.88. The Labute approximate surface area is 138 Å². The van der Waals surface area contributed by atoms with E-state index in [9.17, 15) is 4.79 Å². The van der Waals surface area contributed by atoms with E-state index in [1.54, 1.807) is 22.5 Å². The van der Waals surface area contributed by atoms with Crippen LogP contribution in [0.2, 0.25) is 0 Å². The van der Waals surface area contributed by atoms with Gasteiger partial charge >= 0.3 is 0 Å². The van der Waals surface area contributed by atoms with E-state index < -0.39 is 0 Å². The number of rotatable bonds is 3. The van der Waals surface area contributed by atoms with Crippen LogP contribution in [0.15, 0.2) is 41.7 Å². The van der Waals surface area contributed by atoms with Crippen LogP contribution in [-0.2, 0) is 12.2 Å². The van der Waals surface area contributed by atoms with Crippen molar-refractivity contribution in [2.75, 3.05) is 0 Å². The molecule has 1 aliphatic rings. The second kappa shape index (κ2) is 5.77. The fourth-order valence-electron chi connectivity index (χ4n) is 2.90. The van der Waals surface area contributed by atoms with Gasteiger partial charge in [0.05, 0.1) is 11.3 Å². The molecule has 2 aromatic heterocycles. The smallest absolute Gasteiger partial charge is 0.253 e. The summed E-state index contributed by atoms with van der Waals surface area (Å²) < 4.78 is 1.75. The topological polar surface area (TPSA) is 60.2 Å². The summed E-state index contributed by atoms with van der Waals surface area (Å²) in [5.41, 5.74) is 2.87. The molecule has 0 N–H and O–H groups in total. The van der Waals surface area contributed by atoms with Gasteiger partial charge in [0.15, 0.2) is 5.78 Å². The molecule has 4 rings (SSSR count). The molecule has 5 nitrogen and oxygen atoms in total. The fraction of sp³-hybridized carbons (Fsp3) is 0.294. The molecule has 0 saturated heterocycles. The van der Waals surface area contributed by atoms with Crippen LogP contribution in [0.1, 0.15) is 35.0 Å². The van der Waals surface area contributed by atoms with Crippen LogP contribution >= 0.6 is 11.8 Å². The van der Waals surface area contributed by atoms with E-state index >= 15 is 0 Å². The maximum Gasteiger partial charge on any atom is 0.253 e. The third-order valence-corrected chi connectivity index (χ3v) is 4.94. The Bertz CT molecular complexity index is 875. The Morgan fingerprint density at radius 1 is 1.26 bits per heavy atom. The number of hydrogen-bond acceptors (Lipinski definition) is 5. The van der Waals surface area contributed by atoms with E-state index in [0.717, 1.165) is 17.9 Å². The zero-order chi connectivity index (χ0) is 15.8. The van der Waals surface area contributed by atoms with Gasteiger partial charge in [0.1, 0.15) is 0 Å². The van der Waals surface area contributed by atoms with Crippen molar-refractivity contribution >= 4 is 23.3 Å². The average Bonchev–Trinajstić information content (AvgIpc) is 2.97. The Hall–Kier alpha value is -2.21. The minimum absolute atomic E-state index is 0.155.